The Morgan fingerprint density at radius 1 is 1.50 bits per heavy atom. The van der Waals surface area contributed by atoms with Crippen LogP contribution in [0.1, 0.15) is 18.4 Å². The van der Waals surface area contributed by atoms with E-state index in [1.54, 1.807) is 0 Å². The number of nitrogens with one attached hydrogen (secondary N) is 1. The molecule has 1 aromatic rings. The van der Waals surface area contributed by atoms with Crippen LogP contribution in [0.2, 0.25) is 0 Å². The molecule has 3 saturated heterocycles. The zero-order valence-electron chi connectivity index (χ0n) is 10.0. The Labute approximate surface area is 105 Å². The molecular weight excluding hydrogens is 230 g/mol. The molecule has 0 spiro atoms. The first-order chi connectivity index (χ1) is 8.76. The highest BCUT2D eigenvalue weighted by atomic mass is 16.2. The normalized spacial score (nSPS) is 29.8. The summed E-state index contributed by atoms with van der Waals surface area (Å²) in [5, 5.41) is 15.6. The number of carbonyl (C=O) groups is 1. The molecular formula is C12H15N5O. The maximum Gasteiger partial charge on any atom is 0.342 e. The molecule has 1 N–H and O–H groups in total. The number of carbonyl (C=O) groups excluding carboxylic acids is 1. The Morgan fingerprint density at radius 3 is 2.83 bits per heavy atom. The zero-order chi connectivity index (χ0) is 12.5. The molecule has 1 amide bonds. The summed E-state index contributed by atoms with van der Waals surface area (Å²) in [6.07, 6.45) is 5.17. The number of hydrogen-bond donors (Lipinski definition) is 1. The molecule has 0 aliphatic carbocycles. The molecule has 3 aliphatic rings. The van der Waals surface area contributed by atoms with Gasteiger partial charge in [0.05, 0.1) is 18.0 Å². The number of amides is 1. The molecule has 6 nitrogen and oxygen atoms in total. The number of piperidine rings is 3. The van der Waals surface area contributed by atoms with Gasteiger partial charge in [0.15, 0.2) is 0 Å². The number of rotatable bonds is 1. The predicted molar refractivity (Wildman–Crippen MR) is 63.8 cm³/mol. The summed E-state index contributed by atoms with van der Waals surface area (Å²) in [5.41, 5.74) is 0.402. The van der Waals surface area contributed by atoms with E-state index in [4.69, 9.17) is 5.26 Å². The summed E-state index contributed by atoms with van der Waals surface area (Å²) in [6, 6.07) is 1.94. The third-order valence-electron chi connectivity index (χ3n) is 3.88. The lowest BCUT2D eigenvalue weighted by molar-refractivity contribution is 0.0765. The smallest absolute Gasteiger partial charge is 0.332 e. The summed E-state index contributed by atoms with van der Waals surface area (Å²) in [4.78, 5) is 14.4. The van der Waals surface area contributed by atoms with Crippen molar-refractivity contribution in [3.8, 4) is 6.07 Å². The molecule has 0 aromatic carbocycles. The van der Waals surface area contributed by atoms with Gasteiger partial charge in [-0.25, -0.2) is 4.79 Å². The average Bonchev–Trinajstić information content (AvgIpc) is 2.89. The number of fused-ring (bicyclic) bond motifs is 3. The van der Waals surface area contributed by atoms with Gasteiger partial charge in [0.1, 0.15) is 6.07 Å². The molecule has 3 aliphatic heterocycles. The second kappa shape index (κ2) is 4.42. The van der Waals surface area contributed by atoms with Gasteiger partial charge in [-0.05, 0) is 31.8 Å². The Balaban J connectivity index is 1.66. The maximum absolute atomic E-state index is 12.0. The van der Waals surface area contributed by atoms with Crippen LogP contribution in [0.5, 0.6) is 0 Å². The molecule has 6 heteroatoms. The van der Waals surface area contributed by atoms with E-state index in [9.17, 15) is 4.79 Å². The van der Waals surface area contributed by atoms with E-state index >= 15 is 0 Å². The lowest BCUT2D eigenvalue weighted by Crippen LogP contribution is -2.57. The van der Waals surface area contributed by atoms with Crippen molar-refractivity contribution >= 4 is 6.03 Å². The zero-order valence-corrected chi connectivity index (χ0v) is 10.0. The Kier molecular flexibility index (Phi) is 2.76. The first-order valence-electron chi connectivity index (χ1n) is 6.24. The third-order valence-corrected chi connectivity index (χ3v) is 3.88. The van der Waals surface area contributed by atoms with Crippen molar-refractivity contribution in [2.75, 3.05) is 19.6 Å². The molecule has 1 aromatic heterocycles. The molecule has 3 fully saturated rings. The molecule has 2 bridgehead atoms. The number of hydrogen-bond acceptors (Lipinski definition) is 4. The number of aromatic nitrogens is 2. The topological polar surface area (TPSA) is 73.9 Å². The van der Waals surface area contributed by atoms with Crippen molar-refractivity contribution in [1.82, 2.24) is 20.0 Å². The van der Waals surface area contributed by atoms with E-state index in [0.717, 1.165) is 32.5 Å². The fourth-order valence-corrected chi connectivity index (χ4v) is 2.84. The monoisotopic (exact) mass is 245 g/mol. The molecule has 18 heavy (non-hydrogen) atoms. The van der Waals surface area contributed by atoms with Gasteiger partial charge in [-0.15, -0.1) is 0 Å². The van der Waals surface area contributed by atoms with Crippen molar-refractivity contribution in [3.63, 3.8) is 0 Å². The molecule has 1 atom stereocenters. The summed E-state index contributed by atoms with van der Waals surface area (Å²) in [5.74, 6) is 0.588. The minimum atomic E-state index is -0.241. The van der Waals surface area contributed by atoms with E-state index in [-0.39, 0.29) is 12.1 Å². The van der Waals surface area contributed by atoms with Crippen molar-refractivity contribution in [3.05, 3.63) is 18.0 Å². The van der Waals surface area contributed by atoms with E-state index < -0.39 is 0 Å². The van der Waals surface area contributed by atoms with Crippen LogP contribution >= 0.6 is 0 Å². The quantitative estimate of drug-likeness (QED) is 0.777. The highest BCUT2D eigenvalue weighted by Gasteiger charge is 2.35. The second-order valence-electron chi connectivity index (χ2n) is 4.98. The van der Waals surface area contributed by atoms with E-state index in [1.165, 1.54) is 17.1 Å². The van der Waals surface area contributed by atoms with Gasteiger partial charge in [0.25, 0.3) is 0 Å². The summed E-state index contributed by atoms with van der Waals surface area (Å²) in [7, 11) is 0. The average molecular weight is 245 g/mol. The van der Waals surface area contributed by atoms with Crippen molar-refractivity contribution < 1.29 is 4.79 Å². The first-order valence-corrected chi connectivity index (χ1v) is 6.24. The largest absolute Gasteiger partial charge is 0.342 e. The van der Waals surface area contributed by atoms with Gasteiger partial charge in [0, 0.05) is 12.6 Å². The van der Waals surface area contributed by atoms with Gasteiger partial charge in [0.2, 0.25) is 0 Å². The van der Waals surface area contributed by atoms with Crippen molar-refractivity contribution in [2.24, 2.45) is 5.92 Å². The molecule has 0 radical (unpaired) electrons. The Hall–Kier alpha value is -1.87. The van der Waals surface area contributed by atoms with Crippen LogP contribution in [0.3, 0.4) is 0 Å². The highest BCUT2D eigenvalue weighted by molar-refractivity contribution is 5.76. The van der Waals surface area contributed by atoms with Crippen LogP contribution in [-0.4, -0.2) is 46.4 Å². The maximum atomic E-state index is 12.0. The Morgan fingerprint density at radius 2 is 2.28 bits per heavy atom. The standard InChI is InChI=1S/C12H15N5O/c13-5-9-6-14-17(7-9)12(18)15-11-8-16-3-1-10(11)2-4-16/h6-7,10-11H,1-4,8H2,(H,15,18)/t11-/m0/s1. The summed E-state index contributed by atoms with van der Waals surface area (Å²) in [6.45, 7) is 3.23. The molecule has 94 valence electrons. The minimum Gasteiger partial charge on any atom is -0.332 e. The molecule has 0 unspecified atom stereocenters. The SMILES string of the molecule is N#Cc1cnn(C(=O)N[C@H]2CN3CCC2CC3)c1. The third kappa shape index (κ3) is 1.97. The van der Waals surface area contributed by atoms with Crippen molar-refractivity contribution in [2.45, 2.75) is 18.9 Å². The van der Waals surface area contributed by atoms with Crippen LogP contribution in [-0.2, 0) is 0 Å². The van der Waals surface area contributed by atoms with Crippen LogP contribution < -0.4 is 5.32 Å². The van der Waals surface area contributed by atoms with Gasteiger partial charge < -0.3 is 10.2 Å². The van der Waals surface area contributed by atoms with Crippen LogP contribution in [0.15, 0.2) is 12.4 Å². The van der Waals surface area contributed by atoms with E-state index in [1.807, 2.05) is 6.07 Å². The van der Waals surface area contributed by atoms with Gasteiger partial charge in [-0.3, -0.25) is 0 Å². The summed E-state index contributed by atoms with van der Waals surface area (Å²) < 4.78 is 1.20. The van der Waals surface area contributed by atoms with Gasteiger partial charge >= 0.3 is 6.03 Å². The van der Waals surface area contributed by atoms with E-state index in [2.05, 4.69) is 15.3 Å². The first kappa shape index (κ1) is 11.2. The fraction of sp³-hybridized carbons (Fsp3) is 0.583. The van der Waals surface area contributed by atoms with Gasteiger partial charge in [-0.1, -0.05) is 0 Å². The molecule has 4 heterocycles. The fourth-order valence-electron chi connectivity index (χ4n) is 2.84. The summed E-state index contributed by atoms with van der Waals surface area (Å²) >= 11 is 0. The Bertz CT molecular complexity index is 495. The van der Waals surface area contributed by atoms with Gasteiger partial charge in [-0.2, -0.15) is 15.0 Å². The molecule has 4 rings (SSSR count). The number of nitriles is 1. The highest BCUT2D eigenvalue weighted by Crippen LogP contribution is 2.27. The lowest BCUT2D eigenvalue weighted by atomic mass is 9.84. The van der Waals surface area contributed by atoms with Crippen LogP contribution in [0.4, 0.5) is 4.79 Å². The second-order valence-corrected chi connectivity index (χ2v) is 4.98. The molecule has 0 saturated carbocycles. The predicted octanol–water partition coefficient (Wildman–Crippen LogP) is 0.407. The van der Waals surface area contributed by atoms with Crippen molar-refractivity contribution in [1.29, 1.82) is 5.26 Å². The van der Waals surface area contributed by atoms with Crippen LogP contribution in [0.25, 0.3) is 0 Å². The lowest BCUT2D eigenvalue weighted by Gasteiger charge is -2.44. The number of nitrogens with zero attached hydrogens (tertiary/aromatic N) is 4. The van der Waals surface area contributed by atoms with Crippen LogP contribution in [0, 0.1) is 17.2 Å². The van der Waals surface area contributed by atoms with E-state index in [0.29, 0.717) is 11.5 Å². The minimum absolute atomic E-state index is 0.217.